The van der Waals surface area contributed by atoms with Crippen molar-refractivity contribution < 1.29 is 9.13 Å². The third-order valence-electron chi connectivity index (χ3n) is 2.93. The van der Waals surface area contributed by atoms with Crippen LogP contribution in [0.3, 0.4) is 0 Å². The highest BCUT2D eigenvalue weighted by Gasteiger charge is 2.26. The van der Waals surface area contributed by atoms with Gasteiger partial charge >= 0.3 is 0 Å². The van der Waals surface area contributed by atoms with Crippen LogP contribution in [0.15, 0.2) is 18.2 Å². The van der Waals surface area contributed by atoms with Crippen LogP contribution >= 0.6 is 0 Å². The molecule has 14 heavy (non-hydrogen) atoms. The summed E-state index contributed by atoms with van der Waals surface area (Å²) in [6, 6.07) is 4.66. The molecular weight excluding hydrogens is 181 g/mol. The highest BCUT2D eigenvalue weighted by Crippen LogP contribution is 2.36. The second kappa shape index (κ2) is 3.58. The van der Waals surface area contributed by atoms with Gasteiger partial charge in [0.2, 0.25) is 0 Å². The Balaban J connectivity index is 2.38. The van der Waals surface area contributed by atoms with Crippen molar-refractivity contribution in [2.75, 3.05) is 13.2 Å². The lowest BCUT2D eigenvalue weighted by atomic mass is 9.85. The van der Waals surface area contributed by atoms with Crippen LogP contribution in [0.25, 0.3) is 0 Å². The molecule has 2 atom stereocenters. The molecule has 0 spiro atoms. The number of fused-ring (bicyclic) bond motifs is 1. The average Bonchev–Trinajstić information content (AvgIpc) is 2.20. The minimum atomic E-state index is -0.211. The van der Waals surface area contributed by atoms with Crippen molar-refractivity contribution in [3.8, 4) is 5.75 Å². The van der Waals surface area contributed by atoms with Crippen molar-refractivity contribution in [2.45, 2.75) is 12.8 Å². The molecule has 3 heteroatoms. The van der Waals surface area contributed by atoms with E-state index in [9.17, 15) is 4.39 Å². The van der Waals surface area contributed by atoms with Gasteiger partial charge in [-0.1, -0.05) is 6.92 Å². The van der Waals surface area contributed by atoms with Crippen molar-refractivity contribution in [1.29, 1.82) is 0 Å². The van der Waals surface area contributed by atoms with Gasteiger partial charge < -0.3 is 10.5 Å². The van der Waals surface area contributed by atoms with Crippen LogP contribution in [-0.4, -0.2) is 13.2 Å². The smallest absolute Gasteiger partial charge is 0.123 e. The molecular formula is C11H14FNO. The predicted octanol–water partition coefficient (Wildman–Crippen LogP) is 1.90. The first-order valence-electron chi connectivity index (χ1n) is 4.84. The van der Waals surface area contributed by atoms with Gasteiger partial charge in [-0.3, -0.25) is 0 Å². The number of halogens is 1. The molecule has 0 saturated carbocycles. The van der Waals surface area contributed by atoms with Crippen LogP contribution in [0, 0.1) is 11.7 Å². The summed E-state index contributed by atoms with van der Waals surface area (Å²) in [5.41, 5.74) is 6.55. The molecule has 0 bridgehead atoms. The molecule has 1 aromatic carbocycles. The topological polar surface area (TPSA) is 35.2 Å². The lowest BCUT2D eigenvalue weighted by Crippen LogP contribution is -2.30. The molecule has 0 fully saturated rings. The van der Waals surface area contributed by atoms with Crippen LogP contribution in [0.2, 0.25) is 0 Å². The van der Waals surface area contributed by atoms with E-state index in [-0.39, 0.29) is 11.7 Å². The molecule has 2 unspecified atom stereocenters. The fourth-order valence-corrected chi connectivity index (χ4v) is 1.87. The number of hydrogen-bond donors (Lipinski definition) is 1. The van der Waals surface area contributed by atoms with E-state index in [4.69, 9.17) is 10.5 Å². The van der Waals surface area contributed by atoms with Crippen LogP contribution in [-0.2, 0) is 0 Å². The van der Waals surface area contributed by atoms with Gasteiger partial charge in [-0.05, 0) is 30.7 Å². The Morgan fingerprint density at radius 2 is 2.36 bits per heavy atom. The van der Waals surface area contributed by atoms with Crippen molar-refractivity contribution in [1.82, 2.24) is 0 Å². The van der Waals surface area contributed by atoms with E-state index < -0.39 is 0 Å². The number of nitrogens with two attached hydrogens (primary N) is 1. The molecule has 1 heterocycles. The largest absolute Gasteiger partial charge is 0.493 e. The molecule has 1 aliphatic rings. The Labute approximate surface area is 82.9 Å². The van der Waals surface area contributed by atoms with E-state index in [0.717, 1.165) is 11.3 Å². The predicted molar refractivity (Wildman–Crippen MR) is 52.9 cm³/mol. The van der Waals surface area contributed by atoms with Gasteiger partial charge in [-0.2, -0.15) is 0 Å². The Kier molecular flexibility index (Phi) is 2.42. The van der Waals surface area contributed by atoms with E-state index >= 15 is 0 Å². The second-order valence-corrected chi connectivity index (χ2v) is 3.78. The maximum Gasteiger partial charge on any atom is 0.123 e. The van der Waals surface area contributed by atoms with E-state index in [2.05, 4.69) is 6.92 Å². The number of ether oxygens (including phenoxy) is 1. The quantitative estimate of drug-likeness (QED) is 0.742. The van der Waals surface area contributed by atoms with Crippen molar-refractivity contribution in [3.63, 3.8) is 0 Å². The molecule has 0 amide bonds. The normalized spacial score (nSPS) is 25.4. The zero-order chi connectivity index (χ0) is 10.1. The molecule has 0 radical (unpaired) electrons. The lowest BCUT2D eigenvalue weighted by molar-refractivity contribution is 0.203. The van der Waals surface area contributed by atoms with Crippen LogP contribution in [0.4, 0.5) is 4.39 Å². The highest BCUT2D eigenvalue weighted by atomic mass is 19.1. The Morgan fingerprint density at radius 3 is 3.07 bits per heavy atom. The van der Waals surface area contributed by atoms with Gasteiger partial charge in [0.1, 0.15) is 11.6 Å². The van der Waals surface area contributed by atoms with E-state index in [0.29, 0.717) is 19.1 Å². The van der Waals surface area contributed by atoms with E-state index in [1.165, 1.54) is 6.07 Å². The molecule has 0 aliphatic carbocycles. The van der Waals surface area contributed by atoms with Gasteiger partial charge in [-0.25, -0.2) is 4.39 Å². The highest BCUT2D eigenvalue weighted by molar-refractivity contribution is 5.38. The first kappa shape index (κ1) is 9.46. The fourth-order valence-electron chi connectivity index (χ4n) is 1.87. The van der Waals surface area contributed by atoms with Gasteiger partial charge in [0, 0.05) is 11.5 Å². The SMILES string of the molecule is CC1c2cc(F)ccc2OCC1CN. The molecule has 2 rings (SSSR count). The molecule has 2 nitrogen and oxygen atoms in total. The summed E-state index contributed by atoms with van der Waals surface area (Å²) in [6.07, 6.45) is 0. The first-order chi connectivity index (χ1) is 6.72. The molecule has 0 aromatic heterocycles. The monoisotopic (exact) mass is 195 g/mol. The fraction of sp³-hybridized carbons (Fsp3) is 0.455. The zero-order valence-electron chi connectivity index (χ0n) is 8.16. The van der Waals surface area contributed by atoms with Crippen molar-refractivity contribution in [2.24, 2.45) is 11.7 Å². The van der Waals surface area contributed by atoms with Crippen LogP contribution < -0.4 is 10.5 Å². The summed E-state index contributed by atoms with van der Waals surface area (Å²) in [6.45, 7) is 3.28. The molecule has 76 valence electrons. The third kappa shape index (κ3) is 1.48. The van der Waals surface area contributed by atoms with E-state index in [1.807, 2.05) is 0 Å². The van der Waals surface area contributed by atoms with Crippen molar-refractivity contribution in [3.05, 3.63) is 29.6 Å². The van der Waals surface area contributed by atoms with Gasteiger partial charge in [0.25, 0.3) is 0 Å². The van der Waals surface area contributed by atoms with Gasteiger partial charge in [0.15, 0.2) is 0 Å². The van der Waals surface area contributed by atoms with Crippen LogP contribution in [0.1, 0.15) is 18.4 Å². The van der Waals surface area contributed by atoms with Gasteiger partial charge in [0.05, 0.1) is 6.61 Å². The Hall–Kier alpha value is -1.09. The zero-order valence-corrected chi connectivity index (χ0v) is 8.16. The molecule has 1 aliphatic heterocycles. The van der Waals surface area contributed by atoms with Crippen LogP contribution in [0.5, 0.6) is 5.75 Å². The van der Waals surface area contributed by atoms with E-state index in [1.54, 1.807) is 12.1 Å². The minimum Gasteiger partial charge on any atom is -0.493 e. The third-order valence-corrected chi connectivity index (χ3v) is 2.93. The molecule has 0 saturated heterocycles. The lowest BCUT2D eigenvalue weighted by Gasteiger charge is -2.30. The molecule has 2 N–H and O–H groups in total. The summed E-state index contributed by atoms with van der Waals surface area (Å²) in [5, 5.41) is 0. The summed E-state index contributed by atoms with van der Waals surface area (Å²) in [4.78, 5) is 0. The summed E-state index contributed by atoms with van der Waals surface area (Å²) in [5.74, 6) is 1.16. The number of hydrogen-bond acceptors (Lipinski definition) is 2. The molecule has 1 aromatic rings. The maximum atomic E-state index is 13.0. The standard InChI is InChI=1S/C11H14FNO/c1-7-8(5-13)6-14-11-3-2-9(12)4-10(7)11/h2-4,7-8H,5-6,13H2,1H3. The Morgan fingerprint density at radius 1 is 1.57 bits per heavy atom. The van der Waals surface area contributed by atoms with Crippen molar-refractivity contribution >= 4 is 0 Å². The maximum absolute atomic E-state index is 13.0. The summed E-state index contributed by atoms with van der Waals surface area (Å²) in [7, 11) is 0. The summed E-state index contributed by atoms with van der Waals surface area (Å²) < 4.78 is 18.5. The number of rotatable bonds is 1. The second-order valence-electron chi connectivity index (χ2n) is 3.78. The summed E-state index contributed by atoms with van der Waals surface area (Å²) >= 11 is 0. The average molecular weight is 195 g/mol. The minimum absolute atomic E-state index is 0.211. The van der Waals surface area contributed by atoms with Gasteiger partial charge in [-0.15, -0.1) is 0 Å². The first-order valence-corrected chi connectivity index (χ1v) is 4.84. The number of benzene rings is 1. The Bertz CT molecular complexity index is 340.